The summed E-state index contributed by atoms with van der Waals surface area (Å²) in [6.07, 6.45) is 8.64. The van der Waals surface area contributed by atoms with Gasteiger partial charge in [0.1, 0.15) is 17.6 Å². The summed E-state index contributed by atoms with van der Waals surface area (Å²) in [6.45, 7) is 19.5. The number of hydrogen-bond acceptors (Lipinski definition) is 6. The second kappa shape index (κ2) is 13.1. The van der Waals surface area contributed by atoms with Crippen molar-refractivity contribution >= 4 is 23.5 Å². The maximum Gasteiger partial charge on any atom is 0.309 e. The van der Waals surface area contributed by atoms with Gasteiger partial charge in [-0.25, -0.2) is 0 Å². The number of ether oxygens (including phenoxy) is 2. The van der Waals surface area contributed by atoms with E-state index >= 15 is 0 Å². The Morgan fingerprint density at radius 3 is 2.17 bits per heavy atom. The summed E-state index contributed by atoms with van der Waals surface area (Å²) >= 11 is 0. The third-order valence-corrected chi connectivity index (χ3v) is 16.1. The first-order valence-electron chi connectivity index (χ1n) is 20.0. The summed E-state index contributed by atoms with van der Waals surface area (Å²) in [5, 5.41) is 9.60. The van der Waals surface area contributed by atoms with E-state index in [1.807, 2.05) is 24.3 Å². The van der Waals surface area contributed by atoms with Crippen molar-refractivity contribution in [3.8, 4) is 5.75 Å². The Hall–Kier alpha value is -2.96. The van der Waals surface area contributed by atoms with Crippen LogP contribution < -0.4 is 4.74 Å². The van der Waals surface area contributed by atoms with E-state index in [4.69, 9.17) is 9.47 Å². The van der Waals surface area contributed by atoms with Crippen LogP contribution in [0.3, 0.4) is 0 Å². The van der Waals surface area contributed by atoms with Crippen molar-refractivity contribution in [1.82, 2.24) is 0 Å². The lowest BCUT2D eigenvalue weighted by Crippen LogP contribution is -2.66. The average Bonchev–Trinajstić information content (AvgIpc) is 3.38. The Kier molecular flexibility index (Phi) is 9.77. The number of rotatable bonds is 10. The molecule has 4 fully saturated rings. The SMILES string of the molecule is COc1ccc(CCC(=O)[C@@]23CC[C@]4(C)[C@H](CC[C@@H]5[C@@]6(C)CC[C@H](OC(=O)CC(C)(C)C(=O)O)C(C)(C)[C@@H]6CC[C@]54C)C2=C(C(C)C)C(=O)C3)cc1. The number of methoxy groups -OCH3 is 1. The van der Waals surface area contributed by atoms with Crippen LogP contribution in [-0.4, -0.2) is 41.8 Å². The van der Waals surface area contributed by atoms with Crippen molar-refractivity contribution in [2.24, 2.45) is 56.2 Å². The highest BCUT2D eigenvalue weighted by molar-refractivity contribution is 6.07. The standard InChI is InChI=1S/C45H64O7/c1-27(2)37-31(46)25-45(34(47)18-13-28-11-14-29(51-10)15-12-28)24-23-43(8)30(38(37)45)16-17-33-42(7)21-20-35(52-36(48)26-40(3,4)39(49)50)41(5,6)32(42)19-22-44(33,43)9/h11-12,14-15,27,30,32-33,35H,13,16-26H2,1-10H3,(H,49,50)/t30-,32+,33-,35+,42+,43-,44-,45+/m1/s1. The van der Waals surface area contributed by atoms with Crippen molar-refractivity contribution in [3.05, 3.63) is 41.0 Å². The van der Waals surface area contributed by atoms with Crippen molar-refractivity contribution in [2.45, 2.75) is 145 Å². The van der Waals surface area contributed by atoms with E-state index < -0.39 is 22.8 Å². The molecule has 6 rings (SSSR count). The minimum absolute atomic E-state index is 0.0330. The molecule has 0 saturated heterocycles. The first-order chi connectivity index (χ1) is 24.2. The molecule has 5 aliphatic rings. The van der Waals surface area contributed by atoms with Crippen LogP contribution in [0.15, 0.2) is 35.4 Å². The topological polar surface area (TPSA) is 107 Å². The Bertz CT molecular complexity index is 1650. The van der Waals surface area contributed by atoms with E-state index in [2.05, 4.69) is 48.5 Å². The third-order valence-electron chi connectivity index (χ3n) is 16.1. The number of carbonyl (C=O) groups is 4. The summed E-state index contributed by atoms with van der Waals surface area (Å²) in [6, 6.07) is 7.97. The molecule has 52 heavy (non-hydrogen) atoms. The van der Waals surface area contributed by atoms with Crippen LogP contribution >= 0.6 is 0 Å². The van der Waals surface area contributed by atoms with E-state index in [-0.39, 0.29) is 57.6 Å². The van der Waals surface area contributed by atoms with Gasteiger partial charge in [0.15, 0.2) is 5.78 Å². The number of benzene rings is 1. The van der Waals surface area contributed by atoms with E-state index in [0.717, 1.165) is 68.3 Å². The summed E-state index contributed by atoms with van der Waals surface area (Å²) < 4.78 is 11.5. The van der Waals surface area contributed by atoms with Gasteiger partial charge in [0, 0.05) is 18.3 Å². The number of ketones is 2. The van der Waals surface area contributed by atoms with E-state index in [9.17, 15) is 24.3 Å². The van der Waals surface area contributed by atoms with Crippen LogP contribution in [0, 0.1) is 56.2 Å². The monoisotopic (exact) mass is 716 g/mol. The zero-order valence-electron chi connectivity index (χ0n) is 33.6. The van der Waals surface area contributed by atoms with Crippen molar-refractivity contribution in [1.29, 1.82) is 0 Å². The van der Waals surface area contributed by atoms with Crippen LogP contribution in [-0.2, 0) is 30.3 Å². The molecule has 0 aliphatic heterocycles. The van der Waals surface area contributed by atoms with Crippen molar-refractivity contribution in [2.75, 3.05) is 7.11 Å². The Morgan fingerprint density at radius 2 is 1.56 bits per heavy atom. The molecule has 4 saturated carbocycles. The van der Waals surface area contributed by atoms with Gasteiger partial charge in [-0.15, -0.1) is 0 Å². The number of fused-ring (bicyclic) bond motifs is 7. The average molecular weight is 717 g/mol. The minimum Gasteiger partial charge on any atom is -0.497 e. The predicted octanol–water partition coefficient (Wildman–Crippen LogP) is 9.59. The molecule has 286 valence electrons. The number of aliphatic carboxylic acids is 1. The quantitative estimate of drug-likeness (QED) is 0.240. The van der Waals surface area contributed by atoms with Crippen LogP contribution in [0.5, 0.6) is 5.75 Å². The fourth-order valence-corrected chi connectivity index (χ4v) is 13.1. The Morgan fingerprint density at radius 1 is 0.885 bits per heavy atom. The second-order valence-electron chi connectivity index (χ2n) is 19.8. The van der Waals surface area contributed by atoms with Crippen LogP contribution in [0.4, 0.5) is 0 Å². The van der Waals surface area contributed by atoms with Crippen molar-refractivity contribution < 1.29 is 33.8 Å². The summed E-state index contributed by atoms with van der Waals surface area (Å²) in [5.41, 5.74) is 1.22. The van der Waals surface area contributed by atoms with Crippen LogP contribution in [0.2, 0.25) is 0 Å². The Balaban J connectivity index is 1.27. The molecule has 1 aromatic rings. The van der Waals surface area contributed by atoms with Gasteiger partial charge in [-0.3, -0.25) is 19.2 Å². The molecule has 0 radical (unpaired) electrons. The number of carbonyl (C=O) groups excluding carboxylic acids is 3. The normalized spacial score (nSPS) is 36.7. The third kappa shape index (κ3) is 5.81. The summed E-state index contributed by atoms with van der Waals surface area (Å²) in [7, 11) is 1.66. The number of allylic oxidation sites excluding steroid dienone is 2. The predicted molar refractivity (Wildman–Crippen MR) is 202 cm³/mol. The van der Waals surface area contributed by atoms with Crippen LogP contribution in [0.1, 0.15) is 139 Å². The summed E-state index contributed by atoms with van der Waals surface area (Å²) in [5.74, 6) is 0.944. The van der Waals surface area contributed by atoms with Gasteiger partial charge >= 0.3 is 11.9 Å². The Labute approximate surface area is 312 Å². The number of carboxylic acids is 1. The minimum atomic E-state index is -1.17. The second-order valence-corrected chi connectivity index (χ2v) is 19.8. The number of carboxylic acid groups (broad SMARTS) is 1. The first-order valence-corrected chi connectivity index (χ1v) is 20.0. The van der Waals surface area contributed by atoms with Gasteiger partial charge in [-0.05, 0) is 140 Å². The van der Waals surface area contributed by atoms with Gasteiger partial charge in [0.25, 0.3) is 0 Å². The van der Waals surface area contributed by atoms with Crippen LogP contribution in [0.25, 0.3) is 0 Å². The maximum absolute atomic E-state index is 14.6. The molecule has 0 heterocycles. The molecule has 0 spiro atoms. The lowest BCUT2D eigenvalue weighted by Gasteiger charge is -2.72. The number of Topliss-reactive ketones (excluding diaryl/α,β-unsaturated/α-hetero) is 2. The summed E-state index contributed by atoms with van der Waals surface area (Å²) in [4.78, 5) is 53.4. The molecule has 8 atom stereocenters. The first kappa shape index (κ1) is 38.8. The molecule has 7 heteroatoms. The van der Waals surface area contributed by atoms with Gasteiger partial charge in [0.05, 0.1) is 24.4 Å². The van der Waals surface area contributed by atoms with Gasteiger partial charge in [0.2, 0.25) is 0 Å². The molecule has 0 unspecified atom stereocenters. The van der Waals surface area contributed by atoms with E-state index in [1.54, 1.807) is 21.0 Å². The fourth-order valence-electron chi connectivity index (χ4n) is 13.1. The highest BCUT2D eigenvalue weighted by Gasteiger charge is 2.71. The smallest absolute Gasteiger partial charge is 0.309 e. The highest BCUT2D eigenvalue weighted by Crippen LogP contribution is 2.77. The molecule has 5 aliphatic carbocycles. The molecule has 0 aromatic heterocycles. The van der Waals surface area contributed by atoms with Gasteiger partial charge < -0.3 is 14.6 Å². The fraction of sp³-hybridized carbons (Fsp3) is 0.733. The molecular formula is C45H64O7. The number of esters is 1. The zero-order valence-corrected chi connectivity index (χ0v) is 33.6. The van der Waals surface area contributed by atoms with E-state index in [0.29, 0.717) is 31.1 Å². The maximum atomic E-state index is 14.6. The van der Waals surface area contributed by atoms with E-state index in [1.165, 1.54) is 5.57 Å². The van der Waals surface area contributed by atoms with Gasteiger partial charge in [-0.2, -0.15) is 0 Å². The molecule has 0 amide bonds. The number of hydrogen-bond donors (Lipinski definition) is 1. The largest absolute Gasteiger partial charge is 0.497 e. The van der Waals surface area contributed by atoms with Crippen molar-refractivity contribution in [3.63, 3.8) is 0 Å². The molecule has 0 bridgehead atoms. The molecular weight excluding hydrogens is 652 g/mol. The lowest BCUT2D eigenvalue weighted by atomic mass is 9.33. The molecule has 7 nitrogen and oxygen atoms in total. The highest BCUT2D eigenvalue weighted by atomic mass is 16.5. The molecule has 1 aromatic carbocycles. The zero-order chi connectivity index (χ0) is 38.2. The van der Waals surface area contributed by atoms with Gasteiger partial charge in [-0.1, -0.05) is 60.6 Å². The number of aryl methyl sites for hydroxylation is 1. The molecule has 1 N–H and O–H groups in total. The lowest BCUT2D eigenvalue weighted by molar-refractivity contribution is -0.233.